The van der Waals surface area contributed by atoms with E-state index < -0.39 is 0 Å². The molecule has 21 heavy (non-hydrogen) atoms. The Morgan fingerprint density at radius 1 is 1.05 bits per heavy atom. The van der Waals surface area contributed by atoms with Crippen molar-refractivity contribution in [3.8, 4) is 5.75 Å². The lowest BCUT2D eigenvalue weighted by atomic mass is 9.80. The first-order chi connectivity index (χ1) is 10.0. The van der Waals surface area contributed by atoms with Crippen molar-refractivity contribution < 1.29 is 9.47 Å². The number of benzene rings is 1. The lowest BCUT2D eigenvalue weighted by molar-refractivity contribution is -0.0447. The van der Waals surface area contributed by atoms with Crippen LogP contribution in [0.4, 0.5) is 0 Å². The van der Waals surface area contributed by atoms with Crippen LogP contribution in [0.25, 0.3) is 0 Å². The van der Waals surface area contributed by atoms with Gasteiger partial charge in [-0.25, -0.2) is 0 Å². The average molecular weight is 291 g/mol. The molecule has 2 N–H and O–H groups in total. The predicted molar refractivity (Wildman–Crippen MR) is 86.8 cm³/mol. The van der Waals surface area contributed by atoms with E-state index in [0.29, 0.717) is 0 Å². The third-order valence-corrected chi connectivity index (χ3v) is 4.95. The molecule has 3 nitrogen and oxygen atoms in total. The normalized spacial score (nSPS) is 19.9. The molecule has 1 aromatic carbocycles. The van der Waals surface area contributed by atoms with Crippen LogP contribution in [0.1, 0.15) is 61.3 Å². The highest BCUT2D eigenvalue weighted by Crippen LogP contribution is 2.42. The summed E-state index contributed by atoms with van der Waals surface area (Å²) >= 11 is 0. The molecule has 0 aromatic heterocycles. The molecule has 1 aliphatic rings. The highest BCUT2D eigenvalue weighted by Gasteiger charge is 2.39. The van der Waals surface area contributed by atoms with E-state index in [1.807, 2.05) is 0 Å². The summed E-state index contributed by atoms with van der Waals surface area (Å²) in [6.07, 6.45) is 7.00. The van der Waals surface area contributed by atoms with Gasteiger partial charge in [-0.3, -0.25) is 0 Å². The van der Waals surface area contributed by atoms with E-state index in [9.17, 15) is 0 Å². The van der Waals surface area contributed by atoms with Gasteiger partial charge < -0.3 is 15.2 Å². The van der Waals surface area contributed by atoms with Crippen molar-refractivity contribution in [2.24, 2.45) is 5.73 Å². The van der Waals surface area contributed by atoms with Crippen molar-refractivity contribution in [3.05, 3.63) is 28.8 Å². The van der Waals surface area contributed by atoms with Gasteiger partial charge in [-0.05, 0) is 43.9 Å². The van der Waals surface area contributed by atoms with Crippen molar-refractivity contribution in [3.63, 3.8) is 0 Å². The molecule has 0 amide bonds. The minimum absolute atomic E-state index is 0.142. The molecule has 0 spiro atoms. The fraction of sp³-hybridized carbons (Fsp3) is 0.667. The number of hydrogen-bond acceptors (Lipinski definition) is 3. The van der Waals surface area contributed by atoms with Gasteiger partial charge in [0.1, 0.15) is 5.75 Å². The number of methoxy groups -OCH3 is 2. The van der Waals surface area contributed by atoms with Gasteiger partial charge in [0.05, 0.1) is 18.8 Å². The standard InChI is InChI=1S/C18H29NO2/c1-13-11-14(2)16(15(12-13)20-3)17(19)18(21-4)9-7-5-6-8-10-18/h11-12,17H,5-10,19H2,1-4H3. The molecule has 0 saturated heterocycles. The molecular weight excluding hydrogens is 262 g/mol. The molecule has 0 heterocycles. The molecule has 118 valence electrons. The van der Waals surface area contributed by atoms with Crippen molar-refractivity contribution in [2.45, 2.75) is 64.0 Å². The second-order valence-corrected chi connectivity index (χ2v) is 6.36. The molecule has 3 heteroatoms. The maximum absolute atomic E-state index is 6.71. The number of hydrogen-bond donors (Lipinski definition) is 1. The average Bonchev–Trinajstić information content (AvgIpc) is 2.72. The van der Waals surface area contributed by atoms with Crippen LogP contribution in [0, 0.1) is 13.8 Å². The monoisotopic (exact) mass is 291 g/mol. The van der Waals surface area contributed by atoms with Crippen molar-refractivity contribution >= 4 is 0 Å². The molecule has 1 saturated carbocycles. The molecule has 0 radical (unpaired) electrons. The Bertz CT molecular complexity index is 476. The maximum atomic E-state index is 6.71. The zero-order chi connectivity index (χ0) is 15.5. The van der Waals surface area contributed by atoms with E-state index in [4.69, 9.17) is 15.2 Å². The first-order valence-electron chi connectivity index (χ1n) is 8.00. The molecule has 1 aromatic rings. The summed E-state index contributed by atoms with van der Waals surface area (Å²) in [7, 11) is 3.53. The largest absolute Gasteiger partial charge is 0.496 e. The molecule has 2 rings (SSSR count). The topological polar surface area (TPSA) is 44.5 Å². The van der Waals surface area contributed by atoms with E-state index in [0.717, 1.165) is 24.2 Å². The van der Waals surface area contributed by atoms with E-state index in [-0.39, 0.29) is 11.6 Å². The smallest absolute Gasteiger partial charge is 0.124 e. The number of rotatable bonds is 4. The molecule has 0 bridgehead atoms. The Morgan fingerprint density at radius 3 is 2.19 bits per heavy atom. The number of aryl methyl sites for hydroxylation is 2. The summed E-state index contributed by atoms with van der Waals surface area (Å²) in [4.78, 5) is 0. The fourth-order valence-corrected chi connectivity index (χ4v) is 3.74. The van der Waals surface area contributed by atoms with Crippen LogP contribution < -0.4 is 10.5 Å². The molecule has 1 aliphatic carbocycles. The SMILES string of the molecule is COc1cc(C)cc(C)c1C(N)C1(OC)CCCCCC1. The van der Waals surface area contributed by atoms with Crippen molar-refractivity contribution in [1.82, 2.24) is 0 Å². The van der Waals surface area contributed by atoms with Gasteiger partial charge in [0.15, 0.2) is 0 Å². The zero-order valence-corrected chi connectivity index (χ0v) is 13.9. The highest BCUT2D eigenvalue weighted by atomic mass is 16.5. The van der Waals surface area contributed by atoms with Gasteiger partial charge in [-0.1, -0.05) is 31.7 Å². The summed E-state index contributed by atoms with van der Waals surface area (Å²) in [6.45, 7) is 4.20. The second-order valence-electron chi connectivity index (χ2n) is 6.36. The summed E-state index contributed by atoms with van der Waals surface area (Å²) < 4.78 is 11.6. The van der Waals surface area contributed by atoms with E-state index in [1.165, 1.54) is 36.8 Å². The Morgan fingerprint density at radius 2 is 1.67 bits per heavy atom. The third kappa shape index (κ3) is 3.24. The van der Waals surface area contributed by atoms with Crippen LogP contribution in [-0.4, -0.2) is 19.8 Å². The van der Waals surface area contributed by atoms with Crippen LogP contribution >= 0.6 is 0 Å². The Hall–Kier alpha value is -1.06. The Labute approximate surface area is 128 Å². The molecular formula is C18H29NO2. The van der Waals surface area contributed by atoms with Crippen LogP contribution in [0.3, 0.4) is 0 Å². The fourth-order valence-electron chi connectivity index (χ4n) is 3.74. The van der Waals surface area contributed by atoms with E-state index in [2.05, 4.69) is 26.0 Å². The van der Waals surface area contributed by atoms with Crippen LogP contribution in [-0.2, 0) is 4.74 Å². The lowest BCUT2D eigenvalue weighted by Gasteiger charge is -2.38. The van der Waals surface area contributed by atoms with Gasteiger partial charge in [0.25, 0.3) is 0 Å². The first-order valence-corrected chi connectivity index (χ1v) is 8.00. The quantitative estimate of drug-likeness (QED) is 0.851. The van der Waals surface area contributed by atoms with E-state index in [1.54, 1.807) is 14.2 Å². The number of ether oxygens (including phenoxy) is 2. The second kappa shape index (κ2) is 6.80. The Kier molecular flexibility index (Phi) is 5.28. The van der Waals surface area contributed by atoms with Gasteiger partial charge in [0.2, 0.25) is 0 Å². The summed E-state index contributed by atoms with van der Waals surface area (Å²) in [6, 6.07) is 4.11. The van der Waals surface area contributed by atoms with Gasteiger partial charge in [0, 0.05) is 12.7 Å². The summed E-state index contributed by atoms with van der Waals surface area (Å²) in [5.74, 6) is 0.890. The summed E-state index contributed by atoms with van der Waals surface area (Å²) in [5.41, 5.74) is 9.95. The molecule has 0 aliphatic heterocycles. The lowest BCUT2D eigenvalue weighted by Crippen LogP contribution is -2.43. The van der Waals surface area contributed by atoms with Gasteiger partial charge >= 0.3 is 0 Å². The molecule has 1 fully saturated rings. The Balaban J connectivity index is 2.43. The third-order valence-electron chi connectivity index (χ3n) is 4.95. The van der Waals surface area contributed by atoms with Crippen LogP contribution in [0.5, 0.6) is 5.75 Å². The molecule has 1 unspecified atom stereocenters. The zero-order valence-electron chi connectivity index (χ0n) is 13.9. The molecule has 1 atom stereocenters. The number of nitrogens with two attached hydrogens (primary N) is 1. The van der Waals surface area contributed by atoms with Crippen molar-refractivity contribution in [1.29, 1.82) is 0 Å². The maximum Gasteiger partial charge on any atom is 0.124 e. The summed E-state index contributed by atoms with van der Waals surface area (Å²) in [5, 5.41) is 0. The minimum atomic E-state index is -0.260. The van der Waals surface area contributed by atoms with Gasteiger partial charge in [-0.15, -0.1) is 0 Å². The van der Waals surface area contributed by atoms with Crippen LogP contribution in [0.2, 0.25) is 0 Å². The predicted octanol–water partition coefficient (Wildman–Crippen LogP) is 4.05. The van der Waals surface area contributed by atoms with E-state index >= 15 is 0 Å². The minimum Gasteiger partial charge on any atom is -0.496 e. The van der Waals surface area contributed by atoms with Crippen molar-refractivity contribution in [2.75, 3.05) is 14.2 Å². The highest BCUT2D eigenvalue weighted by molar-refractivity contribution is 5.46. The van der Waals surface area contributed by atoms with Crippen LogP contribution in [0.15, 0.2) is 12.1 Å². The van der Waals surface area contributed by atoms with Gasteiger partial charge in [-0.2, -0.15) is 0 Å². The first kappa shape index (κ1) is 16.3.